The van der Waals surface area contributed by atoms with Crippen LogP contribution in [0.3, 0.4) is 0 Å². The van der Waals surface area contributed by atoms with Gasteiger partial charge in [-0.1, -0.05) is 13.0 Å². The van der Waals surface area contributed by atoms with Crippen LogP contribution in [-0.2, 0) is 6.42 Å². The zero-order valence-electron chi connectivity index (χ0n) is 11.0. The van der Waals surface area contributed by atoms with Gasteiger partial charge in [-0.2, -0.15) is 0 Å². The molecular formula is C15H22FN. The van der Waals surface area contributed by atoms with E-state index in [1.807, 2.05) is 6.07 Å². The van der Waals surface area contributed by atoms with Crippen LogP contribution in [0.4, 0.5) is 4.39 Å². The van der Waals surface area contributed by atoms with Crippen molar-refractivity contribution in [3.05, 3.63) is 35.1 Å². The van der Waals surface area contributed by atoms with Crippen LogP contribution >= 0.6 is 0 Å². The van der Waals surface area contributed by atoms with Crippen molar-refractivity contribution in [2.45, 2.75) is 46.1 Å². The Kier molecular flexibility index (Phi) is 3.53. The highest BCUT2D eigenvalue weighted by molar-refractivity contribution is 5.29. The first-order chi connectivity index (χ1) is 8.07. The molecule has 0 heterocycles. The van der Waals surface area contributed by atoms with E-state index in [9.17, 15) is 4.39 Å². The molecule has 1 saturated carbocycles. The third-order valence-corrected chi connectivity index (χ3v) is 4.17. The van der Waals surface area contributed by atoms with Gasteiger partial charge in [-0.05, 0) is 68.3 Å². The SMILES string of the molecule is CCNC(C)C1(Cc2cc(F)ccc2C)CC1. The fourth-order valence-electron chi connectivity index (χ4n) is 2.66. The van der Waals surface area contributed by atoms with Crippen LogP contribution in [0.5, 0.6) is 0 Å². The fraction of sp³-hybridized carbons (Fsp3) is 0.600. The van der Waals surface area contributed by atoms with E-state index >= 15 is 0 Å². The summed E-state index contributed by atoms with van der Waals surface area (Å²) in [5.74, 6) is -0.113. The molecule has 1 aromatic rings. The first-order valence-corrected chi connectivity index (χ1v) is 6.56. The van der Waals surface area contributed by atoms with E-state index in [0.29, 0.717) is 11.5 Å². The second-order valence-corrected chi connectivity index (χ2v) is 5.39. The molecule has 0 radical (unpaired) electrons. The molecule has 2 rings (SSSR count). The van der Waals surface area contributed by atoms with E-state index in [-0.39, 0.29) is 5.82 Å². The number of aryl methyl sites for hydroxylation is 1. The highest BCUT2D eigenvalue weighted by atomic mass is 19.1. The summed E-state index contributed by atoms with van der Waals surface area (Å²) in [7, 11) is 0. The van der Waals surface area contributed by atoms with Gasteiger partial charge in [0.1, 0.15) is 5.82 Å². The Bertz CT molecular complexity index is 396. The molecule has 1 aliphatic carbocycles. The van der Waals surface area contributed by atoms with E-state index < -0.39 is 0 Å². The first-order valence-electron chi connectivity index (χ1n) is 6.56. The monoisotopic (exact) mass is 235 g/mol. The van der Waals surface area contributed by atoms with Crippen LogP contribution in [0.15, 0.2) is 18.2 Å². The van der Waals surface area contributed by atoms with Crippen molar-refractivity contribution in [1.82, 2.24) is 5.32 Å². The van der Waals surface area contributed by atoms with Crippen molar-refractivity contribution in [2.24, 2.45) is 5.41 Å². The van der Waals surface area contributed by atoms with Gasteiger partial charge in [-0.3, -0.25) is 0 Å². The molecule has 1 N–H and O–H groups in total. The average Bonchev–Trinajstić information content (AvgIpc) is 3.05. The molecule has 0 amide bonds. The number of nitrogens with one attached hydrogen (secondary N) is 1. The van der Waals surface area contributed by atoms with Gasteiger partial charge in [0.25, 0.3) is 0 Å². The number of benzene rings is 1. The Balaban J connectivity index is 2.12. The van der Waals surface area contributed by atoms with E-state index in [4.69, 9.17) is 0 Å². The van der Waals surface area contributed by atoms with Gasteiger partial charge in [0.2, 0.25) is 0 Å². The van der Waals surface area contributed by atoms with E-state index in [1.165, 1.54) is 24.0 Å². The lowest BCUT2D eigenvalue weighted by Gasteiger charge is -2.25. The van der Waals surface area contributed by atoms with Gasteiger partial charge in [-0.15, -0.1) is 0 Å². The summed E-state index contributed by atoms with van der Waals surface area (Å²) in [5, 5.41) is 3.51. The molecule has 0 aromatic heterocycles. The van der Waals surface area contributed by atoms with Gasteiger partial charge in [-0.25, -0.2) is 4.39 Å². The van der Waals surface area contributed by atoms with Crippen molar-refractivity contribution in [3.8, 4) is 0 Å². The zero-order valence-corrected chi connectivity index (χ0v) is 11.0. The van der Waals surface area contributed by atoms with Crippen LogP contribution in [0, 0.1) is 18.2 Å². The average molecular weight is 235 g/mol. The van der Waals surface area contributed by atoms with Gasteiger partial charge in [0.15, 0.2) is 0 Å². The molecule has 2 heteroatoms. The van der Waals surface area contributed by atoms with Crippen molar-refractivity contribution < 1.29 is 4.39 Å². The summed E-state index contributed by atoms with van der Waals surface area (Å²) >= 11 is 0. The van der Waals surface area contributed by atoms with Crippen molar-refractivity contribution in [2.75, 3.05) is 6.54 Å². The highest BCUT2D eigenvalue weighted by Gasteiger charge is 2.46. The number of halogens is 1. The molecule has 1 unspecified atom stereocenters. The minimum absolute atomic E-state index is 0.113. The van der Waals surface area contributed by atoms with Gasteiger partial charge >= 0.3 is 0 Å². The van der Waals surface area contributed by atoms with E-state index in [2.05, 4.69) is 26.1 Å². The normalized spacial score (nSPS) is 19.1. The van der Waals surface area contributed by atoms with Crippen molar-refractivity contribution in [1.29, 1.82) is 0 Å². The molecule has 17 heavy (non-hydrogen) atoms. The molecule has 1 nitrogen and oxygen atoms in total. The molecular weight excluding hydrogens is 213 g/mol. The molecule has 0 spiro atoms. The molecule has 94 valence electrons. The largest absolute Gasteiger partial charge is 0.314 e. The third-order valence-electron chi connectivity index (χ3n) is 4.17. The van der Waals surface area contributed by atoms with Crippen molar-refractivity contribution in [3.63, 3.8) is 0 Å². The quantitative estimate of drug-likeness (QED) is 0.824. The second-order valence-electron chi connectivity index (χ2n) is 5.39. The topological polar surface area (TPSA) is 12.0 Å². The summed E-state index contributed by atoms with van der Waals surface area (Å²) in [6.07, 6.45) is 3.53. The predicted molar refractivity (Wildman–Crippen MR) is 69.6 cm³/mol. The lowest BCUT2D eigenvalue weighted by molar-refractivity contribution is 0.355. The molecule has 1 aliphatic rings. The molecule has 0 aliphatic heterocycles. The first kappa shape index (κ1) is 12.6. The van der Waals surface area contributed by atoms with Gasteiger partial charge in [0.05, 0.1) is 0 Å². The Hall–Kier alpha value is -0.890. The van der Waals surface area contributed by atoms with Gasteiger partial charge < -0.3 is 5.32 Å². The Morgan fingerprint density at radius 2 is 2.12 bits per heavy atom. The Morgan fingerprint density at radius 1 is 1.41 bits per heavy atom. The van der Waals surface area contributed by atoms with Crippen LogP contribution in [0.2, 0.25) is 0 Å². The summed E-state index contributed by atoms with van der Waals surface area (Å²) in [4.78, 5) is 0. The molecule has 0 saturated heterocycles. The smallest absolute Gasteiger partial charge is 0.123 e. The molecule has 1 fully saturated rings. The summed E-state index contributed by atoms with van der Waals surface area (Å²) < 4.78 is 13.3. The van der Waals surface area contributed by atoms with Gasteiger partial charge in [0, 0.05) is 6.04 Å². The number of hydrogen-bond donors (Lipinski definition) is 1. The summed E-state index contributed by atoms with van der Waals surface area (Å²) in [6.45, 7) is 7.47. The summed E-state index contributed by atoms with van der Waals surface area (Å²) in [6, 6.07) is 5.66. The van der Waals surface area contributed by atoms with Crippen LogP contribution in [0.1, 0.15) is 37.8 Å². The van der Waals surface area contributed by atoms with Crippen LogP contribution in [0.25, 0.3) is 0 Å². The fourth-order valence-corrected chi connectivity index (χ4v) is 2.66. The number of hydrogen-bond acceptors (Lipinski definition) is 1. The molecule has 0 bridgehead atoms. The Morgan fingerprint density at radius 3 is 2.71 bits per heavy atom. The minimum atomic E-state index is -0.113. The van der Waals surface area contributed by atoms with Crippen LogP contribution in [-0.4, -0.2) is 12.6 Å². The number of rotatable bonds is 5. The zero-order chi connectivity index (χ0) is 12.5. The summed E-state index contributed by atoms with van der Waals surface area (Å²) in [5.41, 5.74) is 2.75. The standard InChI is InChI=1S/C15H22FN/c1-4-17-12(3)15(7-8-15)10-13-9-14(16)6-5-11(13)2/h5-6,9,12,17H,4,7-8,10H2,1-3H3. The minimum Gasteiger partial charge on any atom is -0.314 e. The maximum atomic E-state index is 13.3. The van der Waals surface area contributed by atoms with E-state index in [1.54, 1.807) is 12.1 Å². The Labute approximate surface area is 103 Å². The van der Waals surface area contributed by atoms with Crippen molar-refractivity contribution >= 4 is 0 Å². The van der Waals surface area contributed by atoms with E-state index in [0.717, 1.165) is 13.0 Å². The maximum absolute atomic E-state index is 13.3. The molecule has 1 atom stereocenters. The lowest BCUT2D eigenvalue weighted by Crippen LogP contribution is -2.36. The maximum Gasteiger partial charge on any atom is 0.123 e. The lowest BCUT2D eigenvalue weighted by atomic mass is 9.88. The second kappa shape index (κ2) is 4.77. The van der Waals surface area contributed by atoms with Crippen LogP contribution < -0.4 is 5.32 Å². The third kappa shape index (κ3) is 2.68. The molecule has 1 aromatic carbocycles. The predicted octanol–water partition coefficient (Wildman–Crippen LogP) is 3.45. The highest BCUT2D eigenvalue weighted by Crippen LogP contribution is 2.51.